The third-order valence-electron chi connectivity index (χ3n) is 3.78. The van der Waals surface area contributed by atoms with Crippen molar-refractivity contribution in [3.05, 3.63) is 30.1 Å². The van der Waals surface area contributed by atoms with Gasteiger partial charge in [0.05, 0.1) is 18.5 Å². The van der Waals surface area contributed by atoms with E-state index in [0.717, 1.165) is 6.54 Å². The quantitative estimate of drug-likeness (QED) is 0.315. The lowest BCUT2D eigenvalue weighted by molar-refractivity contribution is -0.128. The first-order valence-corrected chi connectivity index (χ1v) is 8.96. The molecule has 0 aliphatic carbocycles. The van der Waals surface area contributed by atoms with Gasteiger partial charge in [0.15, 0.2) is 5.96 Å². The molecule has 0 spiro atoms. The van der Waals surface area contributed by atoms with Gasteiger partial charge in [0.25, 0.3) is 0 Å². The monoisotopic (exact) mass is 494 g/mol. The van der Waals surface area contributed by atoms with E-state index in [0.29, 0.717) is 38.0 Å². The molecule has 0 aliphatic rings. The summed E-state index contributed by atoms with van der Waals surface area (Å²) in [5, 5.41) is 6.06. The summed E-state index contributed by atoms with van der Waals surface area (Å²) in [4.78, 5) is 18.6. The minimum atomic E-state index is -0.581. The second kappa shape index (κ2) is 12.7. The van der Waals surface area contributed by atoms with Crippen molar-refractivity contribution < 1.29 is 13.9 Å². The van der Waals surface area contributed by atoms with Crippen LogP contribution in [0.2, 0.25) is 0 Å². The molecule has 2 N–H and O–H groups in total. The molecule has 1 aromatic rings. The van der Waals surface area contributed by atoms with Crippen LogP contribution in [0, 0.1) is 11.2 Å². The maximum atomic E-state index is 12.9. The van der Waals surface area contributed by atoms with Crippen LogP contribution in [0.25, 0.3) is 0 Å². The van der Waals surface area contributed by atoms with Crippen LogP contribution in [-0.2, 0) is 4.79 Å². The van der Waals surface area contributed by atoms with E-state index < -0.39 is 5.41 Å². The van der Waals surface area contributed by atoms with E-state index in [-0.39, 0.29) is 35.7 Å². The first kappa shape index (κ1) is 25.4. The van der Waals surface area contributed by atoms with Crippen LogP contribution in [-0.4, -0.2) is 56.6 Å². The molecular weight excluding hydrogens is 462 g/mol. The van der Waals surface area contributed by atoms with Crippen LogP contribution in [0.1, 0.15) is 27.7 Å². The minimum Gasteiger partial charge on any atom is -0.492 e. The first-order valence-electron chi connectivity index (χ1n) is 8.96. The second-order valence-electron chi connectivity index (χ2n) is 6.64. The molecule has 154 valence electrons. The van der Waals surface area contributed by atoms with E-state index >= 15 is 0 Å². The van der Waals surface area contributed by atoms with Crippen molar-refractivity contribution in [3.8, 4) is 5.75 Å². The van der Waals surface area contributed by atoms with Crippen molar-refractivity contribution in [3.63, 3.8) is 0 Å². The van der Waals surface area contributed by atoms with Gasteiger partial charge < -0.3 is 20.3 Å². The number of nitrogens with zero attached hydrogens (tertiary/aromatic N) is 2. The van der Waals surface area contributed by atoms with Crippen molar-refractivity contribution in [2.24, 2.45) is 10.4 Å². The molecule has 0 heterocycles. The summed E-state index contributed by atoms with van der Waals surface area (Å²) in [5.74, 6) is 1.04. The molecule has 0 radical (unpaired) electrons. The Balaban J connectivity index is 0.00000676. The average molecular weight is 494 g/mol. The highest BCUT2D eigenvalue weighted by atomic mass is 127. The molecule has 0 unspecified atom stereocenters. The average Bonchev–Trinajstić information content (AvgIpc) is 2.60. The number of halogens is 2. The van der Waals surface area contributed by atoms with Crippen LogP contribution in [0.5, 0.6) is 5.75 Å². The van der Waals surface area contributed by atoms with Crippen LogP contribution >= 0.6 is 24.0 Å². The van der Waals surface area contributed by atoms with Crippen LogP contribution < -0.4 is 15.4 Å². The zero-order chi connectivity index (χ0) is 19.6. The van der Waals surface area contributed by atoms with Crippen LogP contribution in [0.15, 0.2) is 29.3 Å². The largest absolute Gasteiger partial charge is 0.492 e. The Kier molecular flexibility index (Phi) is 12.0. The fourth-order valence-corrected chi connectivity index (χ4v) is 2.15. The van der Waals surface area contributed by atoms with Gasteiger partial charge in [-0.05, 0) is 52.0 Å². The van der Waals surface area contributed by atoms with Crippen molar-refractivity contribution in [2.45, 2.75) is 27.7 Å². The lowest BCUT2D eigenvalue weighted by atomic mass is 9.92. The fraction of sp³-hybridized carbons (Fsp3) is 0.579. The lowest BCUT2D eigenvalue weighted by Gasteiger charge is -2.25. The van der Waals surface area contributed by atoms with Gasteiger partial charge in [-0.2, -0.15) is 0 Å². The summed E-state index contributed by atoms with van der Waals surface area (Å²) in [5.41, 5.74) is -0.581. The number of ether oxygens (including phenoxy) is 1. The van der Waals surface area contributed by atoms with Crippen molar-refractivity contribution in [2.75, 3.05) is 39.8 Å². The number of hydrogen-bond acceptors (Lipinski definition) is 3. The van der Waals surface area contributed by atoms with Gasteiger partial charge in [-0.1, -0.05) is 0 Å². The number of hydrogen-bond donors (Lipinski definition) is 2. The summed E-state index contributed by atoms with van der Waals surface area (Å²) >= 11 is 0. The summed E-state index contributed by atoms with van der Waals surface area (Å²) in [6.07, 6.45) is 0. The molecule has 6 nitrogen and oxygen atoms in total. The molecule has 0 atom stereocenters. The highest BCUT2D eigenvalue weighted by Gasteiger charge is 2.27. The Bertz CT molecular complexity index is 594. The SMILES string of the molecule is CCNC(=O)C(C)(C)CN=C(NCC)N(C)CCOc1ccc(F)cc1.I. The van der Waals surface area contributed by atoms with E-state index in [2.05, 4.69) is 15.6 Å². The molecule has 27 heavy (non-hydrogen) atoms. The maximum Gasteiger partial charge on any atom is 0.227 e. The van der Waals surface area contributed by atoms with Gasteiger partial charge in [-0.3, -0.25) is 9.79 Å². The summed E-state index contributed by atoms with van der Waals surface area (Å²) in [7, 11) is 1.91. The molecule has 1 rings (SSSR count). The number of carbonyl (C=O) groups excluding carboxylic acids is 1. The van der Waals surface area contributed by atoms with E-state index in [9.17, 15) is 9.18 Å². The predicted molar refractivity (Wildman–Crippen MR) is 118 cm³/mol. The highest BCUT2D eigenvalue weighted by molar-refractivity contribution is 14.0. The molecule has 0 fully saturated rings. The molecule has 8 heteroatoms. The molecule has 0 bridgehead atoms. The van der Waals surface area contributed by atoms with Gasteiger partial charge in [0, 0.05) is 20.1 Å². The number of amides is 1. The summed E-state index contributed by atoms with van der Waals surface area (Å²) in [6.45, 7) is 10.4. The topological polar surface area (TPSA) is 66.0 Å². The number of carbonyl (C=O) groups is 1. The van der Waals surface area contributed by atoms with Crippen LogP contribution in [0.3, 0.4) is 0 Å². The third kappa shape index (κ3) is 9.25. The lowest BCUT2D eigenvalue weighted by Crippen LogP contribution is -2.43. The molecule has 0 aromatic heterocycles. The maximum absolute atomic E-state index is 12.9. The molecule has 1 amide bonds. The molecular formula is C19H32FIN4O2. The van der Waals surface area contributed by atoms with Crippen molar-refractivity contribution in [1.82, 2.24) is 15.5 Å². The zero-order valence-electron chi connectivity index (χ0n) is 16.8. The Hall–Kier alpha value is -1.58. The van der Waals surface area contributed by atoms with Gasteiger partial charge in [-0.25, -0.2) is 4.39 Å². The standard InChI is InChI=1S/C19H31FN4O2.HI/c1-6-21-17(25)19(3,4)14-23-18(22-7-2)24(5)12-13-26-16-10-8-15(20)9-11-16;/h8-11H,6-7,12-14H2,1-5H3,(H,21,25)(H,22,23);1H. The second-order valence-corrected chi connectivity index (χ2v) is 6.64. The first-order chi connectivity index (χ1) is 12.3. The van der Waals surface area contributed by atoms with Gasteiger partial charge in [-0.15, -0.1) is 24.0 Å². The summed E-state index contributed by atoms with van der Waals surface area (Å²) in [6, 6.07) is 5.94. The number of benzene rings is 1. The van der Waals surface area contributed by atoms with E-state index in [1.165, 1.54) is 12.1 Å². The summed E-state index contributed by atoms with van der Waals surface area (Å²) < 4.78 is 18.5. The Labute approximate surface area is 179 Å². The van der Waals surface area contributed by atoms with E-state index in [4.69, 9.17) is 4.74 Å². The molecule has 0 saturated carbocycles. The number of likely N-dealkylation sites (N-methyl/N-ethyl adjacent to an activating group) is 1. The van der Waals surface area contributed by atoms with Crippen molar-refractivity contribution in [1.29, 1.82) is 0 Å². The number of rotatable bonds is 9. The number of aliphatic imine (C=N–C) groups is 1. The van der Waals surface area contributed by atoms with E-state index in [1.54, 1.807) is 12.1 Å². The molecule has 0 saturated heterocycles. The third-order valence-corrected chi connectivity index (χ3v) is 3.78. The highest BCUT2D eigenvalue weighted by Crippen LogP contribution is 2.16. The normalized spacial score (nSPS) is 11.4. The van der Waals surface area contributed by atoms with E-state index in [1.807, 2.05) is 39.6 Å². The number of guanidine groups is 1. The van der Waals surface area contributed by atoms with Crippen LogP contribution in [0.4, 0.5) is 4.39 Å². The Morgan fingerprint density at radius 2 is 1.78 bits per heavy atom. The van der Waals surface area contributed by atoms with Gasteiger partial charge >= 0.3 is 0 Å². The Morgan fingerprint density at radius 1 is 1.19 bits per heavy atom. The Morgan fingerprint density at radius 3 is 2.33 bits per heavy atom. The minimum absolute atomic E-state index is 0. The van der Waals surface area contributed by atoms with Crippen molar-refractivity contribution >= 4 is 35.8 Å². The predicted octanol–water partition coefficient (Wildman–Crippen LogP) is 2.88. The molecule has 1 aromatic carbocycles. The van der Waals surface area contributed by atoms with Gasteiger partial charge in [0.2, 0.25) is 5.91 Å². The smallest absolute Gasteiger partial charge is 0.227 e. The zero-order valence-corrected chi connectivity index (χ0v) is 19.2. The van der Waals surface area contributed by atoms with Gasteiger partial charge in [0.1, 0.15) is 18.2 Å². The molecule has 0 aliphatic heterocycles. The fourth-order valence-electron chi connectivity index (χ4n) is 2.15. The number of nitrogens with one attached hydrogen (secondary N) is 2.